The molecule has 0 aromatic carbocycles. The van der Waals surface area contributed by atoms with E-state index < -0.39 is 0 Å². The second-order valence-electron chi connectivity index (χ2n) is 5.80. The van der Waals surface area contributed by atoms with E-state index in [0.29, 0.717) is 16.9 Å². The molecule has 0 aliphatic carbocycles. The quantitative estimate of drug-likeness (QED) is 0.934. The fraction of sp³-hybridized carbons (Fsp3) is 0.438. The number of hydrogen-bond acceptors (Lipinski definition) is 4. The van der Waals surface area contributed by atoms with Gasteiger partial charge in [0.1, 0.15) is 5.82 Å². The summed E-state index contributed by atoms with van der Waals surface area (Å²) in [6, 6.07) is 5.45. The van der Waals surface area contributed by atoms with E-state index >= 15 is 0 Å². The van der Waals surface area contributed by atoms with Gasteiger partial charge in [-0.2, -0.15) is 5.10 Å². The summed E-state index contributed by atoms with van der Waals surface area (Å²) in [5.74, 6) is 0.466. The number of carbonyl (C=O) groups is 1. The normalized spacial score (nSPS) is 20.2. The van der Waals surface area contributed by atoms with E-state index in [0.717, 1.165) is 25.9 Å². The van der Waals surface area contributed by atoms with Gasteiger partial charge in [-0.3, -0.25) is 14.4 Å². The predicted molar refractivity (Wildman–Crippen MR) is 89.4 cm³/mol. The van der Waals surface area contributed by atoms with E-state index in [4.69, 9.17) is 11.6 Å². The number of amides is 1. The zero-order chi connectivity index (χ0) is 16.2. The average Bonchev–Trinajstić information content (AvgIpc) is 3.11. The molecule has 2 aromatic rings. The summed E-state index contributed by atoms with van der Waals surface area (Å²) in [5.41, 5.74) is 0. The number of rotatable bonds is 4. The summed E-state index contributed by atoms with van der Waals surface area (Å²) in [5, 5.41) is 7.71. The molecule has 1 fully saturated rings. The number of anilines is 1. The van der Waals surface area contributed by atoms with E-state index in [1.807, 2.05) is 23.9 Å². The number of halogens is 1. The molecule has 3 rings (SSSR count). The molecule has 23 heavy (non-hydrogen) atoms. The summed E-state index contributed by atoms with van der Waals surface area (Å²) in [6.45, 7) is 3.67. The van der Waals surface area contributed by atoms with Gasteiger partial charge in [0.2, 0.25) is 5.91 Å². The topological polar surface area (TPSA) is 63.1 Å². The van der Waals surface area contributed by atoms with Crippen molar-refractivity contribution in [1.29, 1.82) is 0 Å². The Morgan fingerprint density at radius 2 is 2.35 bits per heavy atom. The van der Waals surface area contributed by atoms with Crippen molar-refractivity contribution in [3.8, 4) is 0 Å². The van der Waals surface area contributed by atoms with Crippen LogP contribution in [0.5, 0.6) is 0 Å². The van der Waals surface area contributed by atoms with Gasteiger partial charge in [-0.05, 0) is 44.5 Å². The number of pyridine rings is 1. The molecule has 2 aromatic heterocycles. The molecule has 7 heteroatoms. The third kappa shape index (κ3) is 3.89. The maximum atomic E-state index is 12.4. The first-order valence-electron chi connectivity index (χ1n) is 7.79. The summed E-state index contributed by atoms with van der Waals surface area (Å²) in [4.78, 5) is 18.7. The Bertz CT molecular complexity index is 643. The van der Waals surface area contributed by atoms with Gasteiger partial charge in [0.25, 0.3) is 0 Å². The molecule has 3 heterocycles. The van der Waals surface area contributed by atoms with Crippen molar-refractivity contribution < 1.29 is 4.79 Å². The smallest absolute Gasteiger partial charge is 0.242 e. The third-order valence-corrected chi connectivity index (χ3v) is 4.46. The van der Waals surface area contributed by atoms with Crippen LogP contribution in [0.25, 0.3) is 0 Å². The molecule has 122 valence electrons. The molecule has 1 saturated heterocycles. The largest absolute Gasteiger partial charge is 0.309 e. The molecule has 1 aliphatic heterocycles. The van der Waals surface area contributed by atoms with Gasteiger partial charge in [-0.25, -0.2) is 4.98 Å². The minimum absolute atomic E-state index is 0.0547. The number of aromatic nitrogens is 3. The maximum absolute atomic E-state index is 12.4. The molecule has 1 N–H and O–H groups in total. The van der Waals surface area contributed by atoms with Crippen molar-refractivity contribution in [2.24, 2.45) is 0 Å². The molecule has 1 aliphatic rings. The molecule has 0 bridgehead atoms. The van der Waals surface area contributed by atoms with Crippen molar-refractivity contribution in [1.82, 2.24) is 19.7 Å². The number of nitrogens with one attached hydrogen (secondary N) is 1. The van der Waals surface area contributed by atoms with Crippen LogP contribution in [0.4, 0.5) is 5.82 Å². The predicted octanol–water partition coefficient (Wildman–Crippen LogP) is 2.60. The van der Waals surface area contributed by atoms with Crippen LogP contribution in [0.1, 0.15) is 25.8 Å². The summed E-state index contributed by atoms with van der Waals surface area (Å²) in [6.07, 6.45) is 7.45. The Kier molecular flexibility index (Phi) is 4.93. The third-order valence-electron chi connectivity index (χ3n) is 4.23. The standard InChI is InChI=1S/C16H20ClN5O/c1-12(16(23)20-15-6-5-13(17)10-18-15)21-8-2-4-14(11-21)22-9-3-7-19-22/h3,5-7,9-10,12,14H,2,4,8,11H2,1H3,(H,18,20,23)/t12-,14?/m0/s1. The average molecular weight is 334 g/mol. The van der Waals surface area contributed by atoms with Crippen molar-refractivity contribution in [3.63, 3.8) is 0 Å². The van der Waals surface area contributed by atoms with Crippen LogP contribution in [0.3, 0.4) is 0 Å². The molecular weight excluding hydrogens is 314 g/mol. The van der Waals surface area contributed by atoms with Gasteiger partial charge in [0.05, 0.1) is 17.1 Å². The number of hydrogen-bond donors (Lipinski definition) is 1. The SMILES string of the molecule is C[C@@H](C(=O)Nc1ccc(Cl)cn1)N1CCCC(n2cccn2)C1. The van der Waals surface area contributed by atoms with E-state index in [-0.39, 0.29) is 11.9 Å². The van der Waals surface area contributed by atoms with Crippen molar-refractivity contribution in [2.45, 2.75) is 31.8 Å². The highest BCUT2D eigenvalue weighted by atomic mass is 35.5. The fourth-order valence-electron chi connectivity index (χ4n) is 2.89. The molecule has 2 atom stereocenters. The van der Waals surface area contributed by atoms with Gasteiger partial charge in [-0.1, -0.05) is 11.6 Å². The fourth-order valence-corrected chi connectivity index (χ4v) is 3.01. The molecule has 0 saturated carbocycles. The lowest BCUT2D eigenvalue weighted by atomic mass is 10.0. The Labute approximate surface area is 140 Å². The zero-order valence-corrected chi connectivity index (χ0v) is 13.8. The second-order valence-corrected chi connectivity index (χ2v) is 6.24. The lowest BCUT2D eigenvalue weighted by molar-refractivity contribution is -0.121. The Morgan fingerprint density at radius 3 is 3.04 bits per heavy atom. The summed E-state index contributed by atoms with van der Waals surface area (Å²) >= 11 is 5.81. The summed E-state index contributed by atoms with van der Waals surface area (Å²) < 4.78 is 1.98. The van der Waals surface area contributed by atoms with Crippen LogP contribution in [-0.2, 0) is 4.79 Å². The number of likely N-dealkylation sites (tertiary alicyclic amines) is 1. The monoisotopic (exact) mass is 333 g/mol. The van der Waals surface area contributed by atoms with Crippen LogP contribution in [-0.4, -0.2) is 44.7 Å². The summed E-state index contributed by atoms with van der Waals surface area (Å²) in [7, 11) is 0. The van der Waals surface area contributed by atoms with Gasteiger partial charge in [0.15, 0.2) is 0 Å². The number of carbonyl (C=O) groups excluding carboxylic acids is 1. The van der Waals surface area contributed by atoms with Crippen LogP contribution < -0.4 is 5.32 Å². The molecule has 1 amide bonds. The Balaban J connectivity index is 1.61. The first kappa shape index (κ1) is 16.0. The highest BCUT2D eigenvalue weighted by Gasteiger charge is 2.28. The Morgan fingerprint density at radius 1 is 1.48 bits per heavy atom. The van der Waals surface area contributed by atoms with E-state index in [2.05, 4.69) is 20.3 Å². The van der Waals surface area contributed by atoms with Crippen LogP contribution in [0, 0.1) is 0 Å². The minimum Gasteiger partial charge on any atom is -0.309 e. The molecule has 1 unspecified atom stereocenters. The molecule has 0 spiro atoms. The van der Waals surface area contributed by atoms with Crippen molar-refractivity contribution in [3.05, 3.63) is 41.8 Å². The van der Waals surface area contributed by atoms with E-state index in [9.17, 15) is 4.79 Å². The Hall–Kier alpha value is -1.92. The van der Waals surface area contributed by atoms with Gasteiger partial charge in [-0.15, -0.1) is 0 Å². The van der Waals surface area contributed by atoms with Crippen LogP contribution >= 0.6 is 11.6 Å². The van der Waals surface area contributed by atoms with Gasteiger partial charge < -0.3 is 5.32 Å². The lowest BCUT2D eigenvalue weighted by Gasteiger charge is -2.36. The minimum atomic E-state index is -0.217. The van der Waals surface area contributed by atoms with Crippen molar-refractivity contribution in [2.75, 3.05) is 18.4 Å². The lowest BCUT2D eigenvalue weighted by Crippen LogP contribution is -2.47. The number of piperidine rings is 1. The van der Waals surface area contributed by atoms with Crippen molar-refractivity contribution >= 4 is 23.3 Å². The zero-order valence-electron chi connectivity index (χ0n) is 13.0. The first-order valence-corrected chi connectivity index (χ1v) is 8.17. The van der Waals surface area contributed by atoms with Gasteiger partial charge in [0, 0.05) is 25.1 Å². The van der Waals surface area contributed by atoms with E-state index in [1.54, 1.807) is 18.3 Å². The maximum Gasteiger partial charge on any atom is 0.242 e. The molecular formula is C16H20ClN5O. The molecule has 0 radical (unpaired) electrons. The van der Waals surface area contributed by atoms with Crippen LogP contribution in [0.15, 0.2) is 36.8 Å². The van der Waals surface area contributed by atoms with E-state index in [1.165, 1.54) is 6.20 Å². The highest BCUT2D eigenvalue weighted by Crippen LogP contribution is 2.22. The van der Waals surface area contributed by atoms with Gasteiger partial charge >= 0.3 is 0 Å². The second kappa shape index (κ2) is 7.10. The number of nitrogens with zero attached hydrogens (tertiary/aromatic N) is 4. The molecule has 6 nitrogen and oxygen atoms in total. The first-order chi connectivity index (χ1) is 11.1. The van der Waals surface area contributed by atoms with Crippen LogP contribution in [0.2, 0.25) is 5.02 Å². The highest BCUT2D eigenvalue weighted by molar-refractivity contribution is 6.30.